The van der Waals surface area contributed by atoms with Crippen molar-refractivity contribution in [2.75, 3.05) is 4.90 Å². The summed E-state index contributed by atoms with van der Waals surface area (Å²) in [5.74, 6) is 0. The van der Waals surface area contributed by atoms with Crippen LogP contribution < -0.4 is 4.90 Å². The molecule has 0 spiro atoms. The van der Waals surface area contributed by atoms with Crippen LogP contribution in [0.25, 0.3) is 115 Å². The van der Waals surface area contributed by atoms with Crippen LogP contribution in [0.3, 0.4) is 0 Å². The van der Waals surface area contributed by atoms with Crippen molar-refractivity contribution in [3.8, 4) is 39.1 Å². The zero-order chi connectivity index (χ0) is 45.4. The smallest absolute Gasteiger partial charge is 0.143 e. The molecule has 0 bridgehead atoms. The predicted octanol–water partition coefficient (Wildman–Crippen LogP) is 18.6. The molecule has 0 radical (unpaired) electrons. The largest absolute Gasteiger partial charge is 0.455 e. The monoisotopic (exact) mass is 878 g/mol. The van der Waals surface area contributed by atoms with E-state index in [1.807, 2.05) is 0 Å². The van der Waals surface area contributed by atoms with Gasteiger partial charge >= 0.3 is 0 Å². The number of rotatable bonds is 7. The minimum absolute atomic E-state index is 0.874. The van der Waals surface area contributed by atoms with E-state index in [2.05, 4.69) is 264 Å². The van der Waals surface area contributed by atoms with Crippen molar-refractivity contribution >= 4 is 93.1 Å². The Balaban J connectivity index is 0.931. The number of benzene rings is 12. The number of fused-ring (bicyclic) bond motifs is 11. The van der Waals surface area contributed by atoms with Crippen LogP contribution >= 0.6 is 0 Å². The van der Waals surface area contributed by atoms with Crippen molar-refractivity contribution in [2.45, 2.75) is 0 Å². The maximum Gasteiger partial charge on any atom is 0.143 e. The molecule has 0 atom stereocenters. The molecule has 3 heteroatoms. The molecule has 0 aliphatic carbocycles. The third kappa shape index (κ3) is 6.36. The van der Waals surface area contributed by atoms with Crippen molar-refractivity contribution in [1.29, 1.82) is 0 Å². The molecule has 12 aromatic carbocycles. The van der Waals surface area contributed by atoms with Crippen LogP contribution in [0.2, 0.25) is 0 Å². The molecule has 0 aliphatic heterocycles. The van der Waals surface area contributed by atoms with Crippen molar-refractivity contribution in [1.82, 2.24) is 4.57 Å². The summed E-state index contributed by atoms with van der Waals surface area (Å²) in [7, 11) is 0. The van der Waals surface area contributed by atoms with Gasteiger partial charge in [0.2, 0.25) is 0 Å². The molecule has 14 aromatic rings. The second-order valence-electron chi connectivity index (χ2n) is 18.0. The van der Waals surface area contributed by atoms with Gasteiger partial charge in [-0.3, -0.25) is 0 Å². The number of nitrogens with zero attached hydrogens (tertiary/aromatic N) is 2. The average Bonchev–Trinajstić information content (AvgIpc) is 3.98. The molecule has 0 N–H and O–H groups in total. The molecule has 3 nitrogen and oxygen atoms in total. The summed E-state index contributed by atoms with van der Waals surface area (Å²) in [4.78, 5) is 2.42. The molecule has 322 valence electrons. The molecular weight excluding hydrogens is 837 g/mol. The summed E-state index contributed by atoms with van der Waals surface area (Å²) < 4.78 is 9.12. The first-order valence-electron chi connectivity index (χ1n) is 23.7. The molecule has 0 amide bonds. The molecular formula is C66H42N2O. The molecule has 0 saturated heterocycles. The molecule has 0 fully saturated rings. The third-order valence-electron chi connectivity index (χ3n) is 14.1. The Hall–Kier alpha value is -9.18. The van der Waals surface area contributed by atoms with E-state index in [1.54, 1.807) is 0 Å². The zero-order valence-electron chi connectivity index (χ0n) is 37.6. The van der Waals surface area contributed by atoms with Gasteiger partial charge in [-0.25, -0.2) is 0 Å². The van der Waals surface area contributed by atoms with Gasteiger partial charge in [0.1, 0.15) is 11.2 Å². The Morgan fingerprint density at radius 3 is 1.68 bits per heavy atom. The Bertz CT molecular complexity index is 4270. The number of hydrogen-bond acceptors (Lipinski definition) is 2. The summed E-state index contributed by atoms with van der Waals surface area (Å²) in [6.07, 6.45) is 0. The van der Waals surface area contributed by atoms with Gasteiger partial charge in [-0.15, -0.1) is 0 Å². The quantitative estimate of drug-likeness (QED) is 0.149. The van der Waals surface area contributed by atoms with Gasteiger partial charge < -0.3 is 13.9 Å². The number of aromatic nitrogens is 1. The lowest BCUT2D eigenvalue weighted by atomic mass is 9.95. The molecule has 2 aromatic heterocycles. The normalized spacial score (nSPS) is 11.8. The van der Waals surface area contributed by atoms with Crippen LogP contribution in [0.5, 0.6) is 0 Å². The van der Waals surface area contributed by atoms with E-state index in [-0.39, 0.29) is 0 Å². The standard InChI is InChI=1S/C66H42N2O/c1-3-20-53-44(14-1)30-31-46-32-33-49(42-60(46)53)48-17-12-18-51(41-48)67(61-26-8-7-24-57(61)58-25-13-29-64-65(58)59-39-36-45-15-2-4-21-54(45)66(59)69-64)50-37-34-43(35-38-50)47-16-11-19-52(40-47)68-62-27-9-5-22-55(62)56-23-6-10-28-63(56)68/h1-42H. The molecule has 14 rings (SSSR count). The summed E-state index contributed by atoms with van der Waals surface area (Å²) in [5, 5.41) is 12.0. The lowest BCUT2D eigenvalue weighted by molar-refractivity contribution is 0.673. The Morgan fingerprint density at radius 1 is 0.319 bits per heavy atom. The fourth-order valence-corrected chi connectivity index (χ4v) is 10.9. The van der Waals surface area contributed by atoms with Crippen LogP contribution in [-0.4, -0.2) is 4.57 Å². The molecule has 2 heterocycles. The first kappa shape index (κ1) is 39.0. The summed E-state index contributed by atoms with van der Waals surface area (Å²) >= 11 is 0. The van der Waals surface area contributed by atoms with Crippen molar-refractivity contribution < 1.29 is 4.42 Å². The van der Waals surface area contributed by atoms with E-state index >= 15 is 0 Å². The predicted molar refractivity (Wildman–Crippen MR) is 292 cm³/mol. The zero-order valence-corrected chi connectivity index (χ0v) is 37.6. The number of hydrogen-bond donors (Lipinski definition) is 0. The topological polar surface area (TPSA) is 21.3 Å². The van der Waals surface area contributed by atoms with Crippen LogP contribution in [0, 0.1) is 0 Å². The van der Waals surface area contributed by atoms with Crippen molar-refractivity contribution in [2.24, 2.45) is 0 Å². The van der Waals surface area contributed by atoms with E-state index in [9.17, 15) is 0 Å². The van der Waals surface area contributed by atoms with Gasteiger partial charge in [0, 0.05) is 49.6 Å². The summed E-state index contributed by atoms with van der Waals surface area (Å²) in [6, 6.07) is 92.6. The van der Waals surface area contributed by atoms with Gasteiger partial charge in [0.25, 0.3) is 0 Å². The lowest BCUT2D eigenvalue weighted by Crippen LogP contribution is -2.11. The highest BCUT2D eigenvalue weighted by Gasteiger charge is 2.22. The number of para-hydroxylation sites is 3. The first-order valence-corrected chi connectivity index (χ1v) is 23.7. The molecule has 0 unspecified atom stereocenters. The Labute approximate surface area is 399 Å². The van der Waals surface area contributed by atoms with Gasteiger partial charge in [0.05, 0.1) is 16.7 Å². The Morgan fingerprint density at radius 2 is 0.884 bits per heavy atom. The van der Waals surface area contributed by atoms with Crippen LogP contribution in [0.15, 0.2) is 259 Å². The first-order chi connectivity index (χ1) is 34.2. The maximum atomic E-state index is 6.73. The minimum atomic E-state index is 0.874. The highest BCUT2D eigenvalue weighted by Crippen LogP contribution is 2.47. The van der Waals surface area contributed by atoms with Crippen LogP contribution in [-0.2, 0) is 0 Å². The maximum absolute atomic E-state index is 6.73. The number of furan rings is 1. The van der Waals surface area contributed by atoms with E-state index in [0.717, 1.165) is 77.9 Å². The summed E-state index contributed by atoms with van der Waals surface area (Å²) in [6.45, 7) is 0. The van der Waals surface area contributed by atoms with E-state index < -0.39 is 0 Å². The highest BCUT2D eigenvalue weighted by molar-refractivity contribution is 6.20. The Kier molecular flexibility index (Phi) is 8.90. The second-order valence-corrected chi connectivity index (χ2v) is 18.0. The van der Waals surface area contributed by atoms with Crippen molar-refractivity contribution in [3.63, 3.8) is 0 Å². The third-order valence-corrected chi connectivity index (χ3v) is 14.1. The summed E-state index contributed by atoms with van der Waals surface area (Å²) in [5.41, 5.74) is 15.4. The van der Waals surface area contributed by atoms with E-state index in [1.165, 1.54) is 54.3 Å². The molecule has 69 heavy (non-hydrogen) atoms. The van der Waals surface area contributed by atoms with Crippen molar-refractivity contribution in [3.05, 3.63) is 255 Å². The number of anilines is 3. The van der Waals surface area contributed by atoms with Gasteiger partial charge in [-0.1, -0.05) is 182 Å². The molecule has 0 aliphatic rings. The fourth-order valence-electron chi connectivity index (χ4n) is 10.9. The minimum Gasteiger partial charge on any atom is -0.455 e. The van der Waals surface area contributed by atoms with Crippen LogP contribution in [0.1, 0.15) is 0 Å². The fraction of sp³-hybridized carbons (Fsp3) is 0. The second kappa shape index (κ2) is 15.7. The highest BCUT2D eigenvalue weighted by atomic mass is 16.3. The van der Waals surface area contributed by atoms with Gasteiger partial charge in [-0.2, -0.15) is 0 Å². The van der Waals surface area contributed by atoms with Gasteiger partial charge in [0.15, 0.2) is 0 Å². The average molecular weight is 879 g/mol. The lowest BCUT2D eigenvalue weighted by Gasteiger charge is -2.28. The van der Waals surface area contributed by atoms with Gasteiger partial charge in [-0.05, 0) is 128 Å². The molecule has 0 saturated carbocycles. The van der Waals surface area contributed by atoms with E-state index in [0.29, 0.717) is 0 Å². The SMILES string of the molecule is c1cc(-c2ccc3ccc4ccccc4c3c2)cc(N(c2ccc(-c3cccc(-n4c5ccccc5c5ccccc54)c3)cc2)c2ccccc2-c2cccc3oc4c5ccccc5ccc4c23)c1. The van der Waals surface area contributed by atoms with E-state index in [4.69, 9.17) is 4.42 Å². The van der Waals surface area contributed by atoms with Crippen LogP contribution in [0.4, 0.5) is 17.1 Å².